The van der Waals surface area contributed by atoms with E-state index in [9.17, 15) is 31.2 Å². The number of alkyl halides is 3. The van der Waals surface area contributed by atoms with E-state index in [1.807, 2.05) is 0 Å². The van der Waals surface area contributed by atoms with Crippen LogP contribution >= 0.6 is 11.6 Å². The van der Waals surface area contributed by atoms with E-state index in [0.717, 1.165) is 18.2 Å². The number of sulfonamides is 1. The van der Waals surface area contributed by atoms with Gasteiger partial charge < -0.3 is 10.1 Å². The summed E-state index contributed by atoms with van der Waals surface area (Å²) in [5.41, 5.74) is -1.98. The summed E-state index contributed by atoms with van der Waals surface area (Å²) in [4.78, 5) is 28.4. The molecule has 3 rings (SSSR count). The number of anilines is 1. The molecule has 1 amide bonds. The molecule has 0 heterocycles. The number of ketones is 1. The molecule has 0 unspecified atom stereocenters. The van der Waals surface area contributed by atoms with Gasteiger partial charge in [-0.3, -0.25) is 9.59 Å². The van der Waals surface area contributed by atoms with Crippen LogP contribution in [0.25, 0.3) is 4.85 Å². The van der Waals surface area contributed by atoms with E-state index >= 15 is 0 Å². The van der Waals surface area contributed by atoms with Crippen molar-refractivity contribution in [1.82, 2.24) is 0 Å². The molecule has 0 fully saturated rings. The molecule has 0 saturated carbocycles. The van der Waals surface area contributed by atoms with Gasteiger partial charge in [-0.2, -0.15) is 13.2 Å². The van der Waals surface area contributed by atoms with Gasteiger partial charge in [-0.15, -0.1) is 0 Å². The van der Waals surface area contributed by atoms with Crippen molar-refractivity contribution in [2.75, 3.05) is 11.9 Å². The smallest absolute Gasteiger partial charge is 0.415 e. The van der Waals surface area contributed by atoms with Crippen molar-refractivity contribution in [2.45, 2.75) is 18.0 Å². The van der Waals surface area contributed by atoms with Gasteiger partial charge in [0.15, 0.2) is 18.1 Å². The summed E-state index contributed by atoms with van der Waals surface area (Å²) in [6.07, 6.45) is -4.91. The van der Waals surface area contributed by atoms with Crippen LogP contribution in [0, 0.1) is 13.5 Å². The number of carbonyl (C=O) groups is 2. The van der Waals surface area contributed by atoms with Crippen LogP contribution in [-0.2, 0) is 21.0 Å². The summed E-state index contributed by atoms with van der Waals surface area (Å²) in [5.74, 6) is -1.97. The maximum Gasteiger partial charge on any atom is 0.415 e. The Balaban J connectivity index is 1.85. The molecule has 0 aromatic heterocycles. The number of amides is 1. The molecule has 3 aromatic rings. The lowest BCUT2D eigenvalue weighted by Gasteiger charge is -2.15. The van der Waals surface area contributed by atoms with Crippen molar-refractivity contribution < 1.29 is 35.9 Å². The molecule has 8 nitrogen and oxygen atoms in total. The van der Waals surface area contributed by atoms with Gasteiger partial charge in [0.25, 0.3) is 5.91 Å². The third kappa shape index (κ3) is 6.65. The lowest BCUT2D eigenvalue weighted by Crippen LogP contribution is -2.22. The van der Waals surface area contributed by atoms with Gasteiger partial charge in [0.1, 0.15) is 5.75 Å². The van der Waals surface area contributed by atoms with Crippen LogP contribution in [0.1, 0.15) is 27.0 Å². The average Bonchev–Trinajstić information content (AvgIpc) is 2.82. The fourth-order valence-corrected chi connectivity index (χ4v) is 4.04. The number of nitrogens with zero attached hydrogens (tertiary/aromatic N) is 1. The summed E-state index contributed by atoms with van der Waals surface area (Å²) in [5, 5.41) is 7.62. The number of rotatable bonds is 7. The first-order valence-electron chi connectivity index (χ1n) is 10.2. The van der Waals surface area contributed by atoms with Crippen molar-refractivity contribution in [2.24, 2.45) is 5.14 Å². The van der Waals surface area contributed by atoms with Crippen molar-refractivity contribution in [3.05, 3.63) is 93.3 Å². The highest BCUT2D eigenvalue weighted by Gasteiger charge is 2.36. The van der Waals surface area contributed by atoms with Crippen LogP contribution in [0.15, 0.2) is 59.5 Å². The number of hydrogen-bond acceptors (Lipinski definition) is 5. The van der Waals surface area contributed by atoms with Crippen LogP contribution in [-0.4, -0.2) is 26.7 Å². The molecule has 0 aliphatic carbocycles. The van der Waals surface area contributed by atoms with Gasteiger partial charge in [0, 0.05) is 16.3 Å². The number of benzene rings is 3. The molecule has 3 aromatic carbocycles. The first-order chi connectivity index (χ1) is 17.2. The predicted octanol–water partition coefficient (Wildman–Crippen LogP) is 5.11. The average molecular weight is 552 g/mol. The Hall–Kier alpha value is -3.92. The van der Waals surface area contributed by atoms with Crippen LogP contribution in [0.2, 0.25) is 5.02 Å². The number of primary sulfonamides is 1. The molecule has 37 heavy (non-hydrogen) atoms. The van der Waals surface area contributed by atoms with Crippen molar-refractivity contribution in [3.63, 3.8) is 0 Å². The molecule has 0 saturated heterocycles. The number of aryl methyl sites for hydroxylation is 1. The largest absolute Gasteiger partial charge is 0.483 e. The Labute approximate surface area is 214 Å². The van der Waals surface area contributed by atoms with Gasteiger partial charge in [-0.25, -0.2) is 18.4 Å². The molecule has 0 atom stereocenters. The Morgan fingerprint density at radius 2 is 1.78 bits per heavy atom. The molecule has 13 heteroatoms. The van der Waals surface area contributed by atoms with Crippen molar-refractivity contribution >= 4 is 44.7 Å². The minimum atomic E-state index is -4.91. The van der Waals surface area contributed by atoms with E-state index in [1.165, 1.54) is 30.3 Å². The molecular formula is C24H17ClF3N3O5S. The second kappa shape index (κ2) is 10.6. The lowest BCUT2D eigenvalue weighted by atomic mass is 9.96. The van der Waals surface area contributed by atoms with Crippen molar-refractivity contribution in [1.29, 1.82) is 0 Å². The molecule has 0 aliphatic rings. The minimum Gasteiger partial charge on any atom is -0.483 e. The van der Waals surface area contributed by atoms with Crippen LogP contribution < -0.4 is 15.2 Å². The molecule has 0 spiro atoms. The van der Waals surface area contributed by atoms with Gasteiger partial charge in [-0.05, 0) is 55.0 Å². The van der Waals surface area contributed by atoms with E-state index in [-0.39, 0.29) is 32.6 Å². The number of ether oxygens (including phenoxy) is 1. The third-order valence-corrected chi connectivity index (χ3v) is 6.17. The van der Waals surface area contributed by atoms with Gasteiger partial charge >= 0.3 is 6.18 Å². The first kappa shape index (κ1) is 27.7. The van der Waals surface area contributed by atoms with E-state index in [2.05, 4.69) is 10.2 Å². The van der Waals surface area contributed by atoms with Crippen LogP contribution in [0.4, 0.5) is 24.5 Å². The highest BCUT2D eigenvalue weighted by Crippen LogP contribution is 2.37. The number of nitrogens with two attached hydrogens (primary N) is 1. The zero-order valence-electron chi connectivity index (χ0n) is 18.9. The Morgan fingerprint density at radius 3 is 2.38 bits per heavy atom. The molecular weight excluding hydrogens is 535 g/mol. The van der Waals surface area contributed by atoms with E-state index in [4.69, 9.17) is 28.0 Å². The zero-order valence-corrected chi connectivity index (χ0v) is 20.5. The minimum absolute atomic E-state index is 0.0389. The molecule has 0 aliphatic heterocycles. The molecule has 192 valence electrons. The second-order valence-electron chi connectivity index (χ2n) is 7.67. The standard InChI is InChI=1S/C24H17ClF3N3O5S/c1-13-9-16(37(29,34)35)5-7-20(13)31-22(32)12-36-21-8-3-14(25)10-18(21)23(33)17-6-4-15(30-2)11-19(17)24(26,27)28/h3-11H,12H2,1H3,(H,31,32)(H2,29,34,35). The maximum absolute atomic E-state index is 13.6. The first-order valence-corrected chi connectivity index (χ1v) is 12.1. The summed E-state index contributed by atoms with van der Waals surface area (Å²) < 4.78 is 69.1. The van der Waals surface area contributed by atoms with E-state index in [1.54, 1.807) is 6.92 Å². The predicted molar refractivity (Wildman–Crippen MR) is 129 cm³/mol. The summed E-state index contributed by atoms with van der Waals surface area (Å²) in [6, 6.07) is 10.0. The van der Waals surface area contributed by atoms with Gasteiger partial charge in [-0.1, -0.05) is 23.7 Å². The number of carbonyl (C=O) groups excluding carboxylic acids is 2. The Kier molecular flexibility index (Phi) is 7.92. The monoisotopic (exact) mass is 551 g/mol. The molecule has 0 bridgehead atoms. The maximum atomic E-state index is 13.6. The summed E-state index contributed by atoms with van der Waals surface area (Å²) >= 11 is 5.96. The highest BCUT2D eigenvalue weighted by atomic mass is 35.5. The SMILES string of the molecule is [C-]#[N+]c1ccc(C(=O)c2cc(Cl)ccc2OCC(=O)Nc2ccc(S(N)(=O)=O)cc2C)c(C(F)(F)F)c1. The van der Waals surface area contributed by atoms with E-state index in [0.29, 0.717) is 11.6 Å². The normalized spacial score (nSPS) is 11.5. The fourth-order valence-electron chi connectivity index (χ4n) is 3.27. The molecule has 0 radical (unpaired) electrons. The Bertz CT molecular complexity index is 1550. The van der Waals surface area contributed by atoms with Gasteiger partial charge in [0.2, 0.25) is 10.0 Å². The number of nitrogens with one attached hydrogen (secondary N) is 1. The van der Waals surface area contributed by atoms with Crippen molar-refractivity contribution in [3.8, 4) is 5.75 Å². The molecule has 3 N–H and O–H groups in total. The second-order valence-corrected chi connectivity index (χ2v) is 9.67. The Morgan fingerprint density at radius 1 is 1.08 bits per heavy atom. The summed E-state index contributed by atoms with van der Waals surface area (Å²) in [7, 11) is -3.94. The topological polar surface area (TPSA) is 120 Å². The van der Waals surface area contributed by atoms with Crippen LogP contribution in [0.3, 0.4) is 0 Å². The van der Waals surface area contributed by atoms with Gasteiger partial charge in [0.05, 0.1) is 22.6 Å². The highest BCUT2D eigenvalue weighted by molar-refractivity contribution is 7.89. The van der Waals surface area contributed by atoms with Crippen LogP contribution in [0.5, 0.6) is 5.75 Å². The van der Waals surface area contributed by atoms with E-state index < -0.39 is 45.6 Å². The quantitative estimate of drug-likeness (QED) is 0.312. The number of hydrogen-bond donors (Lipinski definition) is 2. The lowest BCUT2D eigenvalue weighted by molar-refractivity contribution is -0.137. The number of halogens is 4. The zero-order chi connectivity index (χ0) is 27.5. The third-order valence-electron chi connectivity index (χ3n) is 5.03. The summed E-state index contributed by atoms with van der Waals surface area (Å²) in [6.45, 7) is 7.84. The fraction of sp³-hybridized carbons (Fsp3) is 0.125.